The van der Waals surface area contributed by atoms with Gasteiger partial charge in [0.2, 0.25) is 0 Å². The minimum Gasteiger partial charge on any atom is -0.468 e. The van der Waals surface area contributed by atoms with Crippen LogP contribution in [0.3, 0.4) is 0 Å². The van der Waals surface area contributed by atoms with Gasteiger partial charge in [-0.05, 0) is 25.5 Å². The van der Waals surface area contributed by atoms with E-state index in [1.807, 2.05) is 12.1 Å². The van der Waals surface area contributed by atoms with Crippen LogP contribution in [0.5, 0.6) is 0 Å². The molecule has 0 radical (unpaired) electrons. The summed E-state index contributed by atoms with van der Waals surface area (Å²) >= 11 is 0. The molecule has 1 aromatic heterocycles. The maximum atomic E-state index is 5.35. The Balaban J connectivity index is 2.55. The van der Waals surface area contributed by atoms with Crippen LogP contribution in [0.4, 0.5) is 0 Å². The van der Waals surface area contributed by atoms with Crippen molar-refractivity contribution in [3.63, 3.8) is 0 Å². The van der Waals surface area contributed by atoms with Crippen molar-refractivity contribution in [2.24, 2.45) is 0 Å². The molecule has 0 saturated heterocycles. The van der Waals surface area contributed by atoms with Gasteiger partial charge in [-0.3, -0.25) is 0 Å². The van der Waals surface area contributed by atoms with E-state index in [1.54, 1.807) is 13.4 Å². The second-order valence-electron chi connectivity index (χ2n) is 3.50. The van der Waals surface area contributed by atoms with E-state index in [4.69, 9.17) is 9.15 Å². The topological polar surface area (TPSA) is 34.4 Å². The summed E-state index contributed by atoms with van der Waals surface area (Å²) in [6.07, 6.45) is 2.79. The first-order valence-corrected chi connectivity index (χ1v) is 5.06. The van der Waals surface area contributed by atoms with Gasteiger partial charge in [0.25, 0.3) is 0 Å². The number of ether oxygens (including phenoxy) is 1. The highest BCUT2D eigenvalue weighted by Crippen LogP contribution is 2.14. The molecule has 80 valence electrons. The molecule has 3 nitrogen and oxygen atoms in total. The predicted octanol–water partition coefficient (Wildman–Crippen LogP) is 2.36. The first-order chi connectivity index (χ1) is 6.77. The first kappa shape index (κ1) is 11.3. The molecule has 0 spiro atoms. The fraction of sp³-hybridized carbons (Fsp3) is 0.636. The van der Waals surface area contributed by atoms with E-state index >= 15 is 0 Å². The van der Waals surface area contributed by atoms with E-state index in [9.17, 15) is 0 Å². The third kappa shape index (κ3) is 3.16. The van der Waals surface area contributed by atoms with E-state index in [1.165, 1.54) is 0 Å². The Labute approximate surface area is 85.4 Å². The largest absolute Gasteiger partial charge is 0.468 e. The van der Waals surface area contributed by atoms with E-state index in [0.717, 1.165) is 12.2 Å². The summed E-state index contributed by atoms with van der Waals surface area (Å²) in [7, 11) is 1.70. The zero-order chi connectivity index (χ0) is 10.4. The smallest absolute Gasteiger partial charge is 0.123 e. The summed E-state index contributed by atoms with van der Waals surface area (Å²) in [5, 5.41) is 3.45. The van der Waals surface area contributed by atoms with Gasteiger partial charge < -0.3 is 14.5 Å². The first-order valence-electron chi connectivity index (χ1n) is 5.06. The summed E-state index contributed by atoms with van der Waals surface area (Å²) in [5.41, 5.74) is 0. The third-order valence-electron chi connectivity index (χ3n) is 2.32. The molecule has 0 saturated carbocycles. The van der Waals surface area contributed by atoms with Gasteiger partial charge in [-0.15, -0.1) is 0 Å². The van der Waals surface area contributed by atoms with Crippen LogP contribution in [-0.4, -0.2) is 19.8 Å². The Morgan fingerprint density at radius 3 is 2.86 bits per heavy atom. The fourth-order valence-corrected chi connectivity index (χ4v) is 1.33. The summed E-state index contributed by atoms with van der Waals surface area (Å²) in [6, 6.07) is 4.50. The van der Waals surface area contributed by atoms with Crippen LogP contribution in [0.1, 0.15) is 32.1 Å². The maximum Gasteiger partial charge on any atom is 0.123 e. The maximum absolute atomic E-state index is 5.35. The van der Waals surface area contributed by atoms with Crippen LogP contribution in [0.15, 0.2) is 22.8 Å². The molecule has 0 aliphatic carbocycles. The molecule has 0 aliphatic heterocycles. The lowest BCUT2D eigenvalue weighted by Crippen LogP contribution is -2.32. The molecule has 0 amide bonds. The van der Waals surface area contributed by atoms with Crippen LogP contribution in [0, 0.1) is 0 Å². The van der Waals surface area contributed by atoms with Crippen molar-refractivity contribution >= 4 is 0 Å². The van der Waals surface area contributed by atoms with Crippen molar-refractivity contribution in [2.45, 2.75) is 32.4 Å². The van der Waals surface area contributed by atoms with Gasteiger partial charge in [0, 0.05) is 13.2 Å². The molecule has 0 aliphatic rings. The van der Waals surface area contributed by atoms with Crippen molar-refractivity contribution in [3.05, 3.63) is 24.2 Å². The molecule has 1 rings (SSSR count). The molecule has 1 heterocycles. The second kappa shape index (κ2) is 5.83. The summed E-state index contributed by atoms with van der Waals surface area (Å²) < 4.78 is 10.5. The normalized spacial score (nSPS) is 15.4. The van der Waals surface area contributed by atoms with Gasteiger partial charge in [-0.1, -0.05) is 6.92 Å². The van der Waals surface area contributed by atoms with Gasteiger partial charge in [0.15, 0.2) is 0 Å². The van der Waals surface area contributed by atoms with Crippen molar-refractivity contribution in [1.82, 2.24) is 5.32 Å². The Morgan fingerprint density at radius 2 is 2.36 bits per heavy atom. The van der Waals surface area contributed by atoms with Crippen LogP contribution in [-0.2, 0) is 4.74 Å². The molecule has 0 fully saturated rings. The summed E-state index contributed by atoms with van der Waals surface area (Å²) in [5.74, 6) is 0.937. The number of methoxy groups -OCH3 is 1. The third-order valence-corrected chi connectivity index (χ3v) is 2.32. The van der Waals surface area contributed by atoms with Crippen molar-refractivity contribution in [3.8, 4) is 0 Å². The molecule has 1 N–H and O–H groups in total. The highest BCUT2D eigenvalue weighted by atomic mass is 16.5. The zero-order valence-corrected chi connectivity index (χ0v) is 9.12. The lowest BCUT2D eigenvalue weighted by Gasteiger charge is -2.20. The highest BCUT2D eigenvalue weighted by molar-refractivity contribution is 5.04. The Kier molecular flexibility index (Phi) is 4.70. The monoisotopic (exact) mass is 197 g/mol. The number of hydrogen-bond acceptors (Lipinski definition) is 3. The van der Waals surface area contributed by atoms with Crippen LogP contribution < -0.4 is 5.32 Å². The van der Waals surface area contributed by atoms with Gasteiger partial charge in [-0.25, -0.2) is 0 Å². The van der Waals surface area contributed by atoms with Gasteiger partial charge in [0.05, 0.1) is 18.9 Å². The van der Waals surface area contributed by atoms with Gasteiger partial charge >= 0.3 is 0 Å². The van der Waals surface area contributed by atoms with Crippen LogP contribution in [0.2, 0.25) is 0 Å². The van der Waals surface area contributed by atoms with E-state index in [2.05, 4.69) is 19.2 Å². The Bertz CT molecular complexity index is 233. The van der Waals surface area contributed by atoms with E-state index in [0.29, 0.717) is 12.6 Å². The van der Waals surface area contributed by atoms with Crippen molar-refractivity contribution in [1.29, 1.82) is 0 Å². The van der Waals surface area contributed by atoms with Gasteiger partial charge in [-0.2, -0.15) is 0 Å². The molecule has 2 atom stereocenters. The predicted molar refractivity (Wildman–Crippen MR) is 56.2 cm³/mol. The quantitative estimate of drug-likeness (QED) is 0.760. The Hall–Kier alpha value is -0.800. The minimum absolute atomic E-state index is 0.157. The summed E-state index contributed by atoms with van der Waals surface area (Å²) in [6.45, 7) is 4.95. The molecule has 14 heavy (non-hydrogen) atoms. The lowest BCUT2D eigenvalue weighted by molar-refractivity contribution is 0.151. The molecular formula is C11H19NO2. The lowest BCUT2D eigenvalue weighted by atomic mass is 10.2. The molecule has 0 aromatic carbocycles. The molecular weight excluding hydrogens is 178 g/mol. The second-order valence-corrected chi connectivity index (χ2v) is 3.50. The zero-order valence-electron chi connectivity index (χ0n) is 9.12. The highest BCUT2D eigenvalue weighted by Gasteiger charge is 2.15. The SMILES string of the molecule is CCC(C)NC(COC)c1ccco1. The molecule has 2 unspecified atom stereocenters. The number of nitrogens with one attached hydrogen (secondary N) is 1. The molecule has 0 bridgehead atoms. The van der Waals surface area contributed by atoms with E-state index in [-0.39, 0.29) is 6.04 Å². The Morgan fingerprint density at radius 1 is 1.57 bits per heavy atom. The number of hydrogen-bond donors (Lipinski definition) is 1. The standard InChI is InChI=1S/C11H19NO2/c1-4-9(2)12-10(8-13-3)11-6-5-7-14-11/h5-7,9-10,12H,4,8H2,1-3H3. The average molecular weight is 197 g/mol. The van der Waals surface area contributed by atoms with E-state index < -0.39 is 0 Å². The fourth-order valence-electron chi connectivity index (χ4n) is 1.33. The van der Waals surface area contributed by atoms with Crippen LogP contribution in [0.25, 0.3) is 0 Å². The summed E-state index contributed by atoms with van der Waals surface area (Å²) in [4.78, 5) is 0. The van der Waals surface area contributed by atoms with Crippen molar-refractivity contribution in [2.75, 3.05) is 13.7 Å². The average Bonchev–Trinajstić information content (AvgIpc) is 2.69. The van der Waals surface area contributed by atoms with Crippen molar-refractivity contribution < 1.29 is 9.15 Å². The van der Waals surface area contributed by atoms with Gasteiger partial charge in [0.1, 0.15) is 5.76 Å². The minimum atomic E-state index is 0.157. The molecule has 3 heteroatoms. The molecule has 1 aromatic rings. The number of furan rings is 1. The number of rotatable bonds is 6. The van der Waals surface area contributed by atoms with Crippen LogP contribution >= 0.6 is 0 Å².